The lowest BCUT2D eigenvalue weighted by atomic mass is 10.4. The fourth-order valence-electron chi connectivity index (χ4n) is 1.81. The van der Waals surface area contributed by atoms with Crippen molar-refractivity contribution in [3.05, 3.63) is 48.5 Å². The second-order valence-corrected chi connectivity index (χ2v) is 14.4. The third-order valence-electron chi connectivity index (χ3n) is 3.04. The van der Waals surface area contributed by atoms with Crippen LogP contribution in [0.15, 0.2) is 68.1 Å². The maximum absolute atomic E-state index is 11.2. The number of hydrogen-bond donors (Lipinski definition) is 0. The molecule has 0 fully saturated rings. The molecule has 8 nitrogen and oxygen atoms in total. The van der Waals surface area contributed by atoms with Gasteiger partial charge in [-0.25, -0.2) is 33.7 Å². The van der Waals surface area contributed by atoms with Crippen molar-refractivity contribution in [1.29, 1.82) is 0 Å². The van der Waals surface area contributed by atoms with Crippen molar-refractivity contribution in [2.24, 2.45) is 0 Å². The average molecular weight is 546 g/mol. The Morgan fingerprint density at radius 2 is 0.931 bits per heavy atom. The molecule has 0 heterocycles. The summed E-state index contributed by atoms with van der Waals surface area (Å²) in [6, 6.07) is 9.89. The summed E-state index contributed by atoms with van der Waals surface area (Å²) in [4.78, 5) is -0.729. The average Bonchev–Trinajstić information content (AvgIpc) is 2.52. The normalized spacial score (nSPS) is 12.3. The second kappa shape index (κ2) is 9.94. The van der Waals surface area contributed by atoms with E-state index in [0.29, 0.717) is 0 Å². The molecule has 0 radical (unpaired) electrons. The largest absolute Gasteiger partial charge is 0.262 e. The lowest BCUT2D eigenvalue weighted by molar-refractivity contribution is 0.592. The maximum atomic E-state index is 11.2. The van der Waals surface area contributed by atoms with Gasteiger partial charge in [-0.2, -0.15) is 0 Å². The maximum Gasteiger partial charge on any atom is 0.262 e. The molecule has 0 atom stereocenters. The standard InChI is InChI=1S/2C7H7ClO4S2.ClH/c1-13(9,10)6-2-4-7(5-3-6)14(8,11)12;1-13(9,10)6-4-2-3-5-7(6)14(8,11)12;/h2*2-5H,1H3;1H. The summed E-state index contributed by atoms with van der Waals surface area (Å²) in [6.07, 6.45) is 1.96. The molecule has 0 aliphatic rings. The molecule has 2 aromatic carbocycles. The molecular weight excluding hydrogens is 531 g/mol. The van der Waals surface area contributed by atoms with Crippen LogP contribution in [0.2, 0.25) is 0 Å². The number of rotatable bonds is 4. The minimum atomic E-state index is -4.02. The Labute approximate surface area is 184 Å². The van der Waals surface area contributed by atoms with E-state index in [2.05, 4.69) is 0 Å². The molecule has 164 valence electrons. The van der Waals surface area contributed by atoms with Crippen LogP contribution >= 0.6 is 33.8 Å². The molecule has 0 aliphatic carbocycles. The molecule has 29 heavy (non-hydrogen) atoms. The first-order valence-corrected chi connectivity index (χ1v) is 15.3. The molecule has 15 heteroatoms. The summed E-state index contributed by atoms with van der Waals surface area (Å²) in [5, 5.41) is 0. The van der Waals surface area contributed by atoms with Gasteiger partial charge in [0.1, 0.15) is 4.90 Å². The minimum absolute atomic E-state index is 0. The van der Waals surface area contributed by atoms with Crippen LogP contribution in [0.1, 0.15) is 0 Å². The van der Waals surface area contributed by atoms with Gasteiger partial charge in [0, 0.05) is 33.9 Å². The zero-order valence-corrected chi connectivity index (χ0v) is 20.3. The van der Waals surface area contributed by atoms with Gasteiger partial charge in [0.15, 0.2) is 19.7 Å². The Kier molecular flexibility index (Phi) is 9.64. The van der Waals surface area contributed by atoms with Gasteiger partial charge in [-0.05, 0) is 36.4 Å². The molecule has 2 aromatic rings. The summed E-state index contributed by atoms with van der Waals surface area (Å²) >= 11 is 0. The van der Waals surface area contributed by atoms with Crippen LogP contribution in [-0.4, -0.2) is 46.2 Å². The first-order chi connectivity index (χ1) is 12.4. The molecule has 0 aliphatic heterocycles. The fraction of sp³-hybridized carbons (Fsp3) is 0.143. The van der Waals surface area contributed by atoms with Gasteiger partial charge in [-0.1, -0.05) is 12.1 Å². The van der Waals surface area contributed by atoms with Crippen molar-refractivity contribution in [3.8, 4) is 0 Å². The van der Waals surface area contributed by atoms with Crippen molar-refractivity contribution in [2.75, 3.05) is 12.5 Å². The predicted molar refractivity (Wildman–Crippen MR) is 112 cm³/mol. The van der Waals surface area contributed by atoms with Gasteiger partial charge in [0.2, 0.25) is 0 Å². The predicted octanol–water partition coefficient (Wildman–Crippen LogP) is 2.46. The van der Waals surface area contributed by atoms with Crippen LogP contribution < -0.4 is 0 Å². The van der Waals surface area contributed by atoms with Crippen LogP contribution in [-0.2, 0) is 37.8 Å². The van der Waals surface area contributed by atoms with Gasteiger partial charge in [0.25, 0.3) is 18.1 Å². The lowest BCUT2D eigenvalue weighted by Crippen LogP contribution is -2.04. The zero-order valence-electron chi connectivity index (χ0n) is 14.7. The minimum Gasteiger partial charge on any atom is -0.224 e. The van der Waals surface area contributed by atoms with Gasteiger partial charge in [0.05, 0.1) is 14.7 Å². The van der Waals surface area contributed by atoms with Gasteiger partial charge < -0.3 is 0 Å². The van der Waals surface area contributed by atoms with E-state index in [0.717, 1.165) is 30.7 Å². The van der Waals surface area contributed by atoms with Crippen molar-refractivity contribution < 1.29 is 33.7 Å². The molecule has 2 rings (SSSR count). The lowest BCUT2D eigenvalue weighted by Gasteiger charge is -2.03. The molecule has 0 amide bonds. The first kappa shape index (κ1) is 28.1. The third-order valence-corrected chi connectivity index (χ3v) is 8.21. The number of benzene rings is 2. The van der Waals surface area contributed by atoms with Crippen molar-refractivity contribution in [3.63, 3.8) is 0 Å². The van der Waals surface area contributed by atoms with Crippen LogP contribution in [0.4, 0.5) is 0 Å². The van der Waals surface area contributed by atoms with E-state index >= 15 is 0 Å². The summed E-state index contributed by atoms with van der Waals surface area (Å²) < 4.78 is 88.0. The Balaban J connectivity index is 0.000000523. The number of halogens is 3. The van der Waals surface area contributed by atoms with Crippen molar-refractivity contribution in [1.82, 2.24) is 0 Å². The highest BCUT2D eigenvalue weighted by molar-refractivity contribution is 8.14. The number of sulfone groups is 2. The van der Waals surface area contributed by atoms with E-state index in [1.165, 1.54) is 30.3 Å². The summed E-state index contributed by atoms with van der Waals surface area (Å²) in [5.74, 6) is 0. The molecule has 0 unspecified atom stereocenters. The molecule has 0 saturated carbocycles. The second-order valence-electron chi connectivity index (χ2n) is 5.34. The third kappa shape index (κ3) is 8.79. The van der Waals surface area contributed by atoms with Gasteiger partial charge in [-0.3, -0.25) is 0 Å². The highest BCUT2D eigenvalue weighted by Crippen LogP contribution is 2.23. The van der Waals surface area contributed by atoms with Crippen molar-refractivity contribution in [2.45, 2.75) is 19.6 Å². The summed E-state index contributed by atoms with van der Waals surface area (Å²) in [5.41, 5.74) is 0. The van der Waals surface area contributed by atoms with Crippen LogP contribution in [0.25, 0.3) is 0 Å². The quantitative estimate of drug-likeness (QED) is 0.534. The monoisotopic (exact) mass is 544 g/mol. The summed E-state index contributed by atoms with van der Waals surface area (Å²) in [6.45, 7) is 0. The SMILES string of the molecule is CS(=O)(=O)c1ccc(S(=O)(=O)Cl)cc1.CS(=O)(=O)c1ccccc1S(=O)(=O)Cl.Cl. The van der Waals surface area contributed by atoms with Crippen molar-refractivity contribution >= 4 is 71.5 Å². The molecule has 0 bridgehead atoms. The zero-order chi connectivity index (χ0) is 22.0. The van der Waals surface area contributed by atoms with E-state index in [9.17, 15) is 33.7 Å². The molecule has 0 spiro atoms. The highest BCUT2D eigenvalue weighted by atomic mass is 35.7. The Hall–Kier alpha value is -0.890. The van der Waals surface area contributed by atoms with Crippen LogP contribution in [0.3, 0.4) is 0 Å². The smallest absolute Gasteiger partial charge is 0.224 e. The Bertz CT molecular complexity index is 1180. The van der Waals surface area contributed by atoms with E-state index in [-0.39, 0.29) is 32.0 Å². The van der Waals surface area contributed by atoms with Gasteiger partial charge in [-0.15, -0.1) is 12.4 Å². The Morgan fingerprint density at radius 1 is 0.552 bits per heavy atom. The number of hydrogen-bond acceptors (Lipinski definition) is 8. The highest BCUT2D eigenvalue weighted by Gasteiger charge is 2.21. The molecular formula is C14H15Cl3O8S4. The van der Waals surface area contributed by atoms with E-state index < -0.39 is 37.8 Å². The fourth-order valence-corrected chi connectivity index (χ4v) is 5.84. The molecule has 0 aromatic heterocycles. The van der Waals surface area contributed by atoms with E-state index in [1.807, 2.05) is 0 Å². The van der Waals surface area contributed by atoms with E-state index in [1.54, 1.807) is 0 Å². The molecule has 0 N–H and O–H groups in total. The summed E-state index contributed by atoms with van der Waals surface area (Å²) in [7, 11) is -4.57. The van der Waals surface area contributed by atoms with Gasteiger partial charge >= 0.3 is 0 Å². The topological polar surface area (TPSA) is 137 Å². The molecule has 0 saturated heterocycles. The van der Waals surface area contributed by atoms with Crippen LogP contribution in [0.5, 0.6) is 0 Å². The van der Waals surface area contributed by atoms with Crippen LogP contribution in [0, 0.1) is 0 Å². The van der Waals surface area contributed by atoms with E-state index in [4.69, 9.17) is 21.4 Å². The Morgan fingerprint density at radius 3 is 1.21 bits per heavy atom. The first-order valence-electron chi connectivity index (χ1n) is 6.92.